The minimum atomic E-state index is -2.71. The number of nitrogens with zero attached hydrogens (tertiary/aromatic N) is 2. The van der Waals surface area contributed by atoms with Gasteiger partial charge in [0.2, 0.25) is 11.7 Å². The summed E-state index contributed by atoms with van der Waals surface area (Å²) in [6.07, 6.45) is 1.76. The second-order valence-electron chi connectivity index (χ2n) is 8.39. The molecule has 1 aromatic heterocycles. The highest BCUT2D eigenvalue weighted by Gasteiger charge is 2.57. The normalized spacial score (nSPS) is 22.3. The van der Waals surface area contributed by atoms with Crippen LogP contribution >= 0.6 is 0 Å². The van der Waals surface area contributed by atoms with Crippen LogP contribution in [0.2, 0.25) is 0 Å². The van der Waals surface area contributed by atoms with Crippen LogP contribution in [0.1, 0.15) is 38.3 Å². The molecule has 9 heteroatoms. The van der Waals surface area contributed by atoms with E-state index in [2.05, 4.69) is 10.3 Å². The molecule has 172 valence electrons. The second-order valence-corrected chi connectivity index (χ2v) is 8.39. The molecule has 0 bridgehead atoms. The summed E-state index contributed by atoms with van der Waals surface area (Å²) in [5, 5.41) is 2.83. The maximum absolute atomic E-state index is 14.9. The Morgan fingerprint density at radius 2 is 2.03 bits per heavy atom. The predicted molar refractivity (Wildman–Crippen MR) is 113 cm³/mol. The van der Waals surface area contributed by atoms with Crippen LogP contribution in [0.15, 0.2) is 36.5 Å². The highest BCUT2D eigenvalue weighted by atomic mass is 19.3. The number of hydrogen-bond acceptors (Lipinski definition) is 5. The molecule has 4 rings (SSSR count). The lowest BCUT2D eigenvalue weighted by Gasteiger charge is -2.20. The van der Waals surface area contributed by atoms with Gasteiger partial charge in [0.15, 0.2) is 0 Å². The van der Waals surface area contributed by atoms with E-state index in [9.17, 15) is 18.0 Å². The highest BCUT2D eigenvalue weighted by molar-refractivity contribution is 5.73. The summed E-state index contributed by atoms with van der Waals surface area (Å²) in [7, 11) is 0. The molecule has 2 heterocycles. The fourth-order valence-corrected chi connectivity index (χ4v) is 3.85. The molecule has 1 aliphatic carbocycles. The number of carbonyl (C=O) groups is 1. The number of amides is 1. The minimum Gasteiger partial charge on any atom is -0.489 e. The van der Waals surface area contributed by atoms with E-state index in [1.807, 2.05) is 36.1 Å². The van der Waals surface area contributed by atoms with Gasteiger partial charge in [0.25, 0.3) is 11.8 Å². The zero-order valence-electron chi connectivity index (χ0n) is 18.0. The lowest BCUT2D eigenvalue weighted by molar-refractivity contribution is -0.119. The number of aromatic nitrogens is 1. The number of alkyl halides is 2. The van der Waals surface area contributed by atoms with Crippen molar-refractivity contribution in [1.82, 2.24) is 10.3 Å². The van der Waals surface area contributed by atoms with Crippen molar-refractivity contribution in [3.8, 4) is 11.6 Å². The smallest absolute Gasteiger partial charge is 0.255 e. The molecule has 1 N–H and O–H groups in total. The first-order valence-electron chi connectivity index (χ1n) is 10.7. The van der Waals surface area contributed by atoms with Gasteiger partial charge in [-0.2, -0.15) is 4.39 Å². The molecule has 2 fully saturated rings. The van der Waals surface area contributed by atoms with Crippen LogP contribution in [0.3, 0.4) is 0 Å². The van der Waals surface area contributed by atoms with Crippen LogP contribution in [0.25, 0.3) is 0 Å². The molecule has 1 amide bonds. The number of pyridine rings is 1. The standard InChI is InChI=1S/C23H26F3N3O3/c1-14(28-15(2)30)16-3-5-18(6-4-16)32-19-8-10-29(12-19)20-7-9-27-22(21(20)24)31-13-17-11-23(17,25)26/h3-7,9,14,17,19H,8,10-13H2,1-2H3,(H,28,30)/t14-,17?,19+/m0/s1. The number of ether oxygens (including phenoxy) is 2. The third-order valence-electron chi connectivity index (χ3n) is 5.80. The molecular formula is C23H26F3N3O3. The number of hydrogen-bond donors (Lipinski definition) is 1. The number of anilines is 1. The largest absolute Gasteiger partial charge is 0.489 e. The Morgan fingerprint density at radius 3 is 2.69 bits per heavy atom. The summed E-state index contributed by atoms with van der Waals surface area (Å²) in [5.74, 6) is -3.88. The molecule has 2 aromatic rings. The van der Waals surface area contributed by atoms with Gasteiger partial charge >= 0.3 is 0 Å². The van der Waals surface area contributed by atoms with E-state index in [-0.39, 0.29) is 37.0 Å². The Hall–Kier alpha value is -2.97. The first-order chi connectivity index (χ1) is 15.2. The maximum Gasteiger partial charge on any atom is 0.255 e. The van der Waals surface area contributed by atoms with Crippen LogP contribution in [-0.2, 0) is 4.79 Å². The molecule has 32 heavy (non-hydrogen) atoms. The molecule has 1 saturated carbocycles. The number of rotatable bonds is 8. The van der Waals surface area contributed by atoms with Gasteiger partial charge in [-0.05, 0) is 30.7 Å². The van der Waals surface area contributed by atoms with Crippen LogP contribution in [0.4, 0.5) is 18.9 Å². The zero-order valence-corrected chi connectivity index (χ0v) is 18.0. The molecule has 3 atom stereocenters. The van der Waals surface area contributed by atoms with E-state index in [0.29, 0.717) is 30.9 Å². The average molecular weight is 449 g/mol. The summed E-state index contributed by atoms with van der Waals surface area (Å²) in [6, 6.07) is 8.96. The fraction of sp³-hybridized carbons (Fsp3) is 0.478. The highest BCUT2D eigenvalue weighted by Crippen LogP contribution is 2.48. The molecule has 1 aromatic carbocycles. The lowest BCUT2D eigenvalue weighted by atomic mass is 10.1. The van der Waals surface area contributed by atoms with Crippen molar-refractivity contribution in [2.75, 3.05) is 24.6 Å². The zero-order chi connectivity index (χ0) is 22.9. The molecule has 1 saturated heterocycles. The predicted octanol–water partition coefficient (Wildman–Crippen LogP) is 4.11. The van der Waals surface area contributed by atoms with Gasteiger partial charge in [0.05, 0.1) is 30.8 Å². The second kappa shape index (κ2) is 8.88. The first kappa shape index (κ1) is 22.2. The van der Waals surface area contributed by atoms with Gasteiger partial charge in [-0.3, -0.25) is 4.79 Å². The van der Waals surface area contributed by atoms with Gasteiger partial charge < -0.3 is 19.7 Å². The third kappa shape index (κ3) is 5.08. The number of benzene rings is 1. The molecule has 1 unspecified atom stereocenters. The summed E-state index contributed by atoms with van der Waals surface area (Å²) < 4.78 is 52.2. The molecule has 1 aliphatic heterocycles. The Morgan fingerprint density at radius 1 is 1.31 bits per heavy atom. The van der Waals surface area contributed by atoms with Crippen LogP contribution in [-0.4, -0.2) is 42.6 Å². The molecule has 6 nitrogen and oxygen atoms in total. The van der Waals surface area contributed by atoms with E-state index in [1.54, 1.807) is 6.07 Å². The van der Waals surface area contributed by atoms with Gasteiger partial charge in [-0.15, -0.1) is 0 Å². The van der Waals surface area contributed by atoms with Crippen molar-refractivity contribution < 1.29 is 27.4 Å². The summed E-state index contributed by atoms with van der Waals surface area (Å²) in [4.78, 5) is 16.9. The quantitative estimate of drug-likeness (QED) is 0.657. The van der Waals surface area contributed by atoms with Gasteiger partial charge in [0.1, 0.15) is 11.9 Å². The van der Waals surface area contributed by atoms with Crippen LogP contribution < -0.4 is 19.7 Å². The van der Waals surface area contributed by atoms with Crippen molar-refractivity contribution in [2.45, 2.75) is 44.8 Å². The van der Waals surface area contributed by atoms with Crippen molar-refractivity contribution >= 4 is 11.6 Å². The van der Waals surface area contributed by atoms with E-state index in [0.717, 1.165) is 5.56 Å². The van der Waals surface area contributed by atoms with E-state index >= 15 is 0 Å². The SMILES string of the molecule is CC(=O)N[C@@H](C)c1ccc(O[C@@H]2CCN(c3ccnc(OCC4CC4(F)F)c3F)C2)cc1. The fourth-order valence-electron chi connectivity index (χ4n) is 3.85. The minimum absolute atomic E-state index is 0.0914. The molecule has 2 aliphatic rings. The topological polar surface area (TPSA) is 63.7 Å². The molecular weight excluding hydrogens is 423 g/mol. The van der Waals surface area contributed by atoms with Crippen molar-refractivity contribution in [1.29, 1.82) is 0 Å². The Kier molecular flexibility index (Phi) is 6.17. The molecule has 0 radical (unpaired) electrons. The summed E-state index contributed by atoms with van der Waals surface area (Å²) in [6.45, 7) is 4.20. The Labute approximate surface area is 184 Å². The van der Waals surface area contributed by atoms with Gasteiger partial charge in [-0.1, -0.05) is 12.1 Å². The number of halogens is 3. The van der Waals surface area contributed by atoms with E-state index in [4.69, 9.17) is 9.47 Å². The van der Waals surface area contributed by atoms with Crippen LogP contribution in [0.5, 0.6) is 11.6 Å². The Balaban J connectivity index is 1.33. The van der Waals surface area contributed by atoms with E-state index in [1.165, 1.54) is 13.1 Å². The monoisotopic (exact) mass is 449 g/mol. The average Bonchev–Trinajstić information content (AvgIpc) is 3.12. The first-order valence-corrected chi connectivity index (χ1v) is 10.7. The van der Waals surface area contributed by atoms with Crippen molar-refractivity contribution in [3.63, 3.8) is 0 Å². The number of nitrogens with one attached hydrogen (secondary N) is 1. The van der Waals surface area contributed by atoms with Crippen molar-refractivity contribution in [2.24, 2.45) is 5.92 Å². The maximum atomic E-state index is 14.9. The number of carbonyl (C=O) groups excluding carboxylic acids is 1. The Bertz CT molecular complexity index is 971. The van der Waals surface area contributed by atoms with Gasteiger partial charge in [-0.25, -0.2) is 13.8 Å². The lowest BCUT2D eigenvalue weighted by Crippen LogP contribution is -2.25. The van der Waals surface area contributed by atoms with E-state index < -0.39 is 17.7 Å². The summed E-state index contributed by atoms with van der Waals surface area (Å²) >= 11 is 0. The molecule has 0 spiro atoms. The van der Waals surface area contributed by atoms with Crippen molar-refractivity contribution in [3.05, 3.63) is 47.9 Å². The third-order valence-corrected chi connectivity index (χ3v) is 5.80. The summed E-state index contributed by atoms with van der Waals surface area (Å²) in [5.41, 5.74) is 1.29. The van der Waals surface area contributed by atoms with Crippen LogP contribution in [0, 0.1) is 11.7 Å². The van der Waals surface area contributed by atoms with Gasteiger partial charge in [0, 0.05) is 32.5 Å².